The van der Waals surface area contributed by atoms with Crippen molar-refractivity contribution in [1.29, 1.82) is 0 Å². The first kappa shape index (κ1) is 11.0. The van der Waals surface area contributed by atoms with Gasteiger partial charge in [0.05, 0.1) is 0 Å². The number of aromatic nitrogens is 1. The third-order valence-corrected chi connectivity index (χ3v) is 3.41. The summed E-state index contributed by atoms with van der Waals surface area (Å²) in [6, 6.07) is 4.67. The summed E-state index contributed by atoms with van der Waals surface area (Å²) in [6.45, 7) is 2.91. The third-order valence-electron chi connectivity index (χ3n) is 2.95. The SMILES string of the molecule is NC[C@@H]1CCCN1Cc1ccc(Br)nc1. The highest BCUT2D eigenvalue weighted by Gasteiger charge is 2.22. The van der Waals surface area contributed by atoms with Gasteiger partial charge in [-0.15, -0.1) is 0 Å². The minimum Gasteiger partial charge on any atom is -0.329 e. The molecule has 1 fully saturated rings. The minimum atomic E-state index is 0.564. The van der Waals surface area contributed by atoms with Crippen LogP contribution in [0.1, 0.15) is 18.4 Å². The number of rotatable bonds is 3. The Morgan fingerprint density at radius 1 is 1.53 bits per heavy atom. The lowest BCUT2D eigenvalue weighted by Gasteiger charge is -2.22. The van der Waals surface area contributed by atoms with Crippen LogP contribution in [0, 0.1) is 0 Å². The zero-order chi connectivity index (χ0) is 10.7. The van der Waals surface area contributed by atoms with Crippen LogP contribution in [0.15, 0.2) is 22.9 Å². The van der Waals surface area contributed by atoms with E-state index in [9.17, 15) is 0 Å². The first-order chi connectivity index (χ1) is 7.29. The average Bonchev–Trinajstić information content (AvgIpc) is 2.69. The minimum absolute atomic E-state index is 0.564. The van der Waals surface area contributed by atoms with Crippen LogP contribution in [-0.4, -0.2) is 29.0 Å². The summed E-state index contributed by atoms with van der Waals surface area (Å²) >= 11 is 3.34. The number of nitrogens with two attached hydrogens (primary N) is 1. The van der Waals surface area contributed by atoms with Crippen molar-refractivity contribution in [3.05, 3.63) is 28.5 Å². The zero-order valence-electron chi connectivity index (χ0n) is 8.69. The standard InChI is InChI=1S/C11H16BrN3/c12-11-4-3-9(7-14-11)8-15-5-1-2-10(15)6-13/h3-4,7,10H,1-2,5-6,8,13H2/t10-/m0/s1. The zero-order valence-corrected chi connectivity index (χ0v) is 10.3. The fourth-order valence-corrected chi connectivity index (χ4v) is 2.34. The molecule has 1 aromatic rings. The molecular weight excluding hydrogens is 254 g/mol. The molecule has 0 spiro atoms. The molecule has 0 aliphatic carbocycles. The van der Waals surface area contributed by atoms with E-state index in [2.05, 4.69) is 31.9 Å². The number of pyridine rings is 1. The first-order valence-corrected chi connectivity index (χ1v) is 6.13. The Bertz CT molecular complexity index is 312. The predicted octanol–water partition coefficient (Wildman–Crippen LogP) is 1.77. The molecule has 1 aliphatic heterocycles. The van der Waals surface area contributed by atoms with E-state index in [-0.39, 0.29) is 0 Å². The van der Waals surface area contributed by atoms with Crippen molar-refractivity contribution in [2.24, 2.45) is 5.73 Å². The lowest BCUT2D eigenvalue weighted by Crippen LogP contribution is -2.34. The number of likely N-dealkylation sites (tertiary alicyclic amines) is 1. The molecule has 82 valence electrons. The molecule has 4 heteroatoms. The van der Waals surface area contributed by atoms with E-state index < -0.39 is 0 Å². The second-order valence-corrected chi connectivity index (χ2v) is 4.80. The van der Waals surface area contributed by atoms with E-state index in [1.165, 1.54) is 18.4 Å². The molecule has 0 bridgehead atoms. The van der Waals surface area contributed by atoms with Crippen LogP contribution in [0.5, 0.6) is 0 Å². The Hall–Kier alpha value is -0.450. The Morgan fingerprint density at radius 3 is 3.07 bits per heavy atom. The van der Waals surface area contributed by atoms with Gasteiger partial charge in [-0.05, 0) is 46.9 Å². The van der Waals surface area contributed by atoms with E-state index in [0.29, 0.717) is 6.04 Å². The van der Waals surface area contributed by atoms with Gasteiger partial charge in [0.25, 0.3) is 0 Å². The molecule has 0 saturated carbocycles. The average molecular weight is 270 g/mol. The quantitative estimate of drug-likeness (QED) is 0.851. The molecule has 1 aliphatic rings. The van der Waals surface area contributed by atoms with Crippen molar-refractivity contribution in [2.75, 3.05) is 13.1 Å². The van der Waals surface area contributed by atoms with Gasteiger partial charge in [0.15, 0.2) is 0 Å². The monoisotopic (exact) mass is 269 g/mol. The molecule has 2 rings (SSSR count). The molecule has 1 saturated heterocycles. The summed E-state index contributed by atoms with van der Waals surface area (Å²) in [5.74, 6) is 0. The molecule has 0 radical (unpaired) electrons. The van der Waals surface area contributed by atoms with Gasteiger partial charge in [0.1, 0.15) is 4.60 Å². The molecule has 1 atom stereocenters. The van der Waals surface area contributed by atoms with Crippen LogP contribution >= 0.6 is 15.9 Å². The van der Waals surface area contributed by atoms with Crippen molar-refractivity contribution < 1.29 is 0 Å². The van der Waals surface area contributed by atoms with Crippen molar-refractivity contribution in [3.8, 4) is 0 Å². The summed E-state index contributed by atoms with van der Waals surface area (Å²) in [4.78, 5) is 6.68. The highest BCUT2D eigenvalue weighted by atomic mass is 79.9. The van der Waals surface area contributed by atoms with Gasteiger partial charge in [-0.3, -0.25) is 4.90 Å². The second-order valence-electron chi connectivity index (χ2n) is 3.99. The highest BCUT2D eigenvalue weighted by molar-refractivity contribution is 9.10. The number of hydrogen-bond acceptors (Lipinski definition) is 3. The normalized spacial score (nSPS) is 22.1. The van der Waals surface area contributed by atoms with Gasteiger partial charge in [-0.25, -0.2) is 4.98 Å². The van der Waals surface area contributed by atoms with Gasteiger partial charge in [-0.1, -0.05) is 6.07 Å². The molecule has 0 amide bonds. The number of nitrogens with zero attached hydrogens (tertiary/aromatic N) is 2. The largest absolute Gasteiger partial charge is 0.329 e. The lowest BCUT2D eigenvalue weighted by atomic mass is 10.2. The van der Waals surface area contributed by atoms with E-state index in [0.717, 1.165) is 24.2 Å². The van der Waals surface area contributed by atoms with E-state index in [1.807, 2.05) is 12.3 Å². The van der Waals surface area contributed by atoms with Crippen LogP contribution in [0.3, 0.4) is 0 Å². The summed E-state index contributed by atoms with van der Waals surface area (Å²) < 4.78 is 0.892. The van der Waals surface area contributed by atoms with Gasteiger partial charge in [0.2, 0.25) is 0 Å². The molecule has 2 heterocycles. The third kappa shape index (κ3) is 2.77. The smallest absolute Gasteiger partial charge is 0.106 e. The summed E-state index contributed by atoms with van der Waals surface area (Å²) in [7, 11) is 0. The van der Waals surface area contributed by atoms with Gasteiger partial charge >= 0.3 is 0 Å². The summed E-state index contributed by atoms with van der Waals surface area (Å²) in [5.41, 5.74) is 7.00. The topological polar surface area (TPSA) is 42.1 Å². The molecule has 1 aromatic heterocycles. The van der Waals surface area contributed by atoms with Crippen LogP contribution in [0.2, 0.25) is 0 Å². The maximum absolute atomic E-state index is 5.74. The van der Waals surface area contributed by atoms with Crippen molar-refractivity contribution in [2.45, 2.75) is 25.4 Å². The Kier molecular flexibility index (Phi) is 3.72. The van der Waals surface area contributed by atoms with Crippen molar-refractivity contribution in [1.82, 2.24) is 9.88 Å². The van der Waals surface area contributed by atoms with Crippen molar-refractivity contribution >= 4 is 15.9 Å². The maximum atomic E-state index is 5.74. The second kappa shape index (κ2) is 5.05. The number of halogens is 1. The van der Waals surface area contributed by atoms with Gasteiger partial charge < -0.3 is 5.73 Å². The molecule has 0 unspecified atom stereocenters. The fraction of sp³-hybridized carbons (Fsp3) is 0.545. The molecular formula is C11H16BrN3. The summed E-state index contributed by atoms with van der Waals surface area (Å²) in [6.07, 6.45) is 4.43. The Labute approximate surface area is 98.8 Å². The predicted molar refractivity (Wildman–Crippen MR) is 64.4 cm³/mol. The lowest BCUT2D eigenvalue weighted by molar-refractivity contribution is 0.250. The van der Waals surface area contributed by atoms with Crippen LogP contribution in [-0.2, 0) is 6.54 Å². The maximum Gasteiger partial charge on any atom is 0.106 e. The van der Waals surface area contributed by atoms with Crippen LogP contribution < -0.4 is 5.73 Å². The van der Waals surface area contributed by atoms with Crippen molar-refractivity contribution in [3.63, 3.8) is 0 Å². The number of hydrogen-bond donors (Lipinski definition) is 1. The van der Waals surface area contributed by atoms with E-state index >= 15 is 0 Å². The van der Waals surface area contributed by atoms with Crippen LogP contribution in [0.4, 0.5) is 0 Å². The highest BCUT2D eigenvalue weighted by Crippen LogP contribution is 2.19. The first-order valence-electron chi connectivity index (χ1n) is 5.34. The molecule has 2 N–H and O–H groups in total. The van der Waals surface area contributed by atoms with E-state index in [4.69, 9.17) is 5.73 Å². The Balaban J connectivity index is 1.99. The molecule has 15 heavy (non-hydrogen) atoms. The molecule has 3 nitrogen and oxygen atoms in total. The Morgan fingerprint density at radius 2 is 2.40 bits per heavy atom. The molecule has 0 aromatic carbocycles. The van der Waals surface area contributed by atoms with E-state index in [1.54, 1.807) is 0 Å². The summed E-state index contributed by atoms with van der Waals surface area (Å²) in [5, 5.41) is 0. The fourth-order valence-electron chi connectivity index (χ4n) is 2.10. The van der Waals surface area contributed by atoms with Crippen LogP contribution in [0.25, 0.3) is 0 Å². The van der Waals surface area contributed by atoms with Gasteiger partial charge in [-0.2, -0.15) is 0 Å². The van der Waals surface area contributed by atoms with Gasteiger partial charge in [0, 0.05) is 25.3 Å².